The van der Waals surface area contributed by atoms with Gasteiger partial charge in [-0.15, -0.1) is 27.6 Å². The Hall–Kier alpha value is -6.09. The zero-order chi connectivity index (χ0) is 38.8. The molecule has 53 heavy (non-hydrogen) atoms. The predicted octanol–water partition coefficient (Wildman–Crippen LogP) is 0.0179. The van der Waals surface area contributed by atoms with Gasteiger partial charge in [-0.05, 0) is 25.5 Å². The molecule has 2 aliphatic rings. The van der Waals surface area contributed by atoms with Crippen molar-refractivity contribution in [3.05, 3.63) is 82.1 Å². The number of halogens is 1. The molecule has 5 heterocycles. The fourth-order valence-electron chi connectivity index (χ4n) is 5.59. The van der Waals surface area contributed by atoms with E-state index in [4.69, 9.17) is 31.6 Å². The van der Waals surface area contributed by atoms with E-state index in [1.807, 2.05) is 0 Å². The van der Waals surface area contributed by atoms with Crippen molar-refractivity contribution >= 4 is 75.5 Å². The zero-order valence-corrected chi connectivity index (χ0v) is 29.6. The molecule has 3 aromatic heterocycles. The molecule has 21 heteroatoms. The number of nitrogen functional groups attached to an aromatic ring is 2. The number of anilines is 1. The first-order valence-electron chi connectivity index (χ1n) is 15.5. The van der Waals surface area contributed by atoms with E-state index in [9.17, 15) is 33.8 Å². The number of carbonyl (C=O) groups excluding carboxylic acids is 3. The summed E-state index contributed by atoms with van der Waals surface area (Å²) in [4.78, 5) is 69.5. The van der Waals surface area contributed by atoms with Crippen LogP contribution in [0.1, 0.15) is 37.1 Å². The number of ketones is 1. The van der Waals surface area contributed by atoms with Crippen molar-refractivity contribution in [3.63, 3.8) is 0 Å². The van der Waals surface area contributed by atoms with Crippen LogP contribution in [0.3, 0.4) is 0 Å². The standard InChI is InChI=1S/C31H30FN9O7S2.CH2O2/c1-31(2,29(46)47)48-37-23(20-14-50-30(35)36-20)21(42)10-18-26(43)41-24(28(44)45)17(13-49-27(18)41)12-39-6-5-22-38(7-8-40(22)39)11-16-4-3-15(25(33)34)9-19(16)32;2-1-3/h3-9,14,18,27H,10-13H2,1-2H3,(H6-,33,34,35,36,44,45,46,47);1H,(H,2,3)/b37-23-;/t18-,27-;/m1./s1. The van der Waals surface area contributed by atoms with Gasteiger partial charge < -0.3 is 36.4 Å². The minimum atomic E-state index is -1.77. The number of hydrogen-bond donors (Lipinski definition) is 5. The summed E-state index contributed by atoms with van der Waals surface area (Å²) in [6.07, 6.45) is 4.85. The molecular weight excluding hydrogens is 738 g/mol. The molecule has 0 spiro atoms. The van der Waals surface area contributed by atoms with Crippen LogP contribution in [-0.2, 0) is 41.9 Å². The average Bonchev–Trinajstić information content (AvgIpc) is 3.82. The highest BCUT2D eigenvalue weighted by molar-refractivity contribution is 8.00. The van der Waals surface area contributed by atoms with E-state index in [0.29, 0.717) is 16.8 Å². The van der Waals surface area contributed by atoms with Crippen LogP contribution in [0.5, 0.6) is 0 Å². The van der Waals surface area contributed by atoms with Gasteiger partial charge in [0.2, 0.25) is 11.5 Å². The molecule has 4 aromatic rings. The topological polar surface area (TPSA) is 276 Å². The fraction of sp³-hybridized carbons (Fsp3) is 0.281. The maximum atomic E-state index is 14.7. The van der Waals surface area contributed by atoms with Gasteiger partial charge in [0.25, 0.3) is 6.47 Å². The van der Waals surface area contributed by atoms with Crippen LogP contribution in [0.15, 0.2) is 64.7 Å². The Morgan fingerprint density at radius 1 is 1.28 bits per heavy atom. The Labute approximate surface area is 307 Å². The van der Waals surface area contributed by atoms with Gasteiger partial charge in [-0.1, -0.05) is 17.3 Å². The lowest BCUT2D eigenvalue weighted by atomic mass is 9.89. The van der Waals surface area contributed by atoms with Crippen LogP contribution in [0.2, 0.25) is 0 Å². The summed E-state index contributed by atoms with van der Waals surface area (Å²) in [6.45, 7) is 2.52. The smallest absolute Gasteiger partial charge is 0.350 e. The number of thioether (sulfide) groups is 1. The summed E-state index contributed by atoms with van der Waals surface area (Å²) in [7, 11) is 0. The number of benzene rings is 1. The van der Waals surface area contributed by atoms with Gasteiger partial charge in [0.05, 0.1) is 41.8 Å². The zero-order valence-electron chi connectivity index (χ0n) is 28.0. The van der Waals surface area contributed by atoms with Crippen molar-refractivity contribution in [2.45, 2.75) is 44.3 Å². The molecule has 0 saturated carbocycles. The highest BCUT2D eigenvalue weighted by Gasteiger charge is 2.53. The van der Waals surface area contributed by atoms with Crippen LogP contribution in [0, 0.1) is 17.1 Å². The van der Waals surface area contributed by atoms with E-state index in [2.05, 4.69) is 10.1 Å². The molecule has 1 amide bonds. The number of carbonyl (C=O) groups is 5. The minimum Gasteiger partial charge on any atom is -0.543 e. The number of carboxylic acids is 2. The number of β-lactam (4-membered cyclic amide) rings is 1. The summed E-state index contributed by atoms with van der Waals surface area (Å²) in [6, 6.07) is 6.12. The Bertz CT molecular complexity index is 2210. The highest BCUT2D eigenvalue weighted by atomic mass is 32.2. The number of carboxylic acid groups (broad SMARTS) is 3. The van der Waals surface area contributed by atoms with E-state index in [-0.39, 0.29) is 65.4 Å². The molecule has 2 aliphatic heterocycles. The Balaban J connectivity index is 0.00000175. The van der Waals surface area contributed by atoms with Crippen LogP contribution in [0.4, 0.5) is 9.52 Å². The van der Waals surface area contributed by atoms with Crippen molar-refractivity contribution in [1.82, 2.24) is 19.1 Å². The van der Waals surface area contributed by atoms with E-state index in [1.165, 1.54) is 37.1 Å². The lowest BCUT2D eigenvalue weighted by Gasteiger charge is -2.50. The van der Waals surface area contributed by atoms with E-state index < -0.39 is 46.3 Å². The number of nitrogens with one attached hydrogen (secondary N) is 1. The third-order valence-corrected chi connectivity index (χ3v) is 10.4. The molecule has 2 atom stereocenters. The SMILES string of the molecule is CC(C)(O/N=C(\C(=O)C[C@@H]1C(=O)N2C(C(=O)[O-])=C(Cn3ccc4n3cc[n+]4Cc3ccc(C(=N)N)cc3F)CS[C@H]12)c1csc(N)n1)C(=O)O.O=CO. The van der Waals surface area contributed by atoms with Crippen molar-refractivity contribution in [1.29, 1.82) is 5.41 Å². The fourth-order valence-corrected chi connectivity index (χ4v) is 7.54. The molecule has 1 saturated heterocycles. The van der Waals surface area contributed by atoms with Gasteiger partial charge in [0.15, 0.2) is 22.8 Å². The van der Waals surface area contributed by atoms with Crippen molar-refractivity contribution in [3.8, 4) is 0 Å². The van der Waals surface area contributed by atoms with E-state index in [0.717, 1.165) is 16.2 Å². The molecule has 7 N–H and O–H groups in total. The molecule has 0 bridgehead atoms. The van der Waals surface area contributed by atoms with Crippen molar-refractivity contribution < 1.29 is 53.1 Å². The van der Waals surface area contributed by atoms with E-state index >= 15 is 0 Å². The van der Waals surface area contributed by atoms with Crippen LogP contribution >= 0.6 is 23.1 Å². The summed E-state index contributed by atoms with van der Waals surface area (Å²) >= 11 is 2.33. The number of thiazole rings is 1. The van der Waals surface area contributed by atoms with Gasteiger partial charge in [0, 0.05) is 28.7 Å². The monoisotopic (exact) mass is 769 g/mol. The number of aliphatic carboxylic acids is 2. The summed E-state index contributed by atoms with van der Waals surface area (Å²) in [5.41, 5.74) is 10.6. The molecule has 0 radical (unpaired) electrons. The number of imidazole rings is 1. The molecular formula is C32H32FN9O9S2. The van der Waals surface area contributed by atoms with Gasteiger partial charge in [0.1, 0.15) is 30.1 Å². The maximum absolute atomic E-state index is 14.7. The van der Waals surface area contributed by atoms with Crippen molar-refractivity contribution in [2.75, 3.05) is 11.5 Å². The highest BCUT2D eigenvalue weighted by Crippen LogP contribution is 2.45. The number of rotatable bonds is 13. The number of hydrogen-bond acceptors (Lipinski definition) is 13. The normalized spacial score (nSPS) is 17.1. The van der Waals surface area contributed by atoms with Gasteiger partial charge in [-0.2, -0.15) is 0 Å². The molecule has 1 aromatic carbocycles. The molecule has 0 aliphatic carbocycles. The number of nitrogens with zero attached hydrogens (tertiary/aromatic N) is 6. The second kappa shape index (κ2) is 15.3. The first-order valence-corrected chi connectivity index (χ1v) is 17.4. The molecule has 18 nitrogen and oxygen atoms in total. The first kappa shape index (κ1) is 38.1. The lowest BCUT2D eigenvalue weighted by Crippen LogP contribution is -2.63. The number of Topliss-reactive ketones (excluding diaryl/α,β-unsaturated/α-hetero) is 1. The summed E-state index contributed by atoms with van der Waals surface area (Å²) < 4.78 is 20.0. The molecule has 1 fully saturated rings. The second-order valence-electron chi connectivity index (χ2n) is 12.2. The quantitative estimate of drug-likeness (QED) is 0.0300. The van der Waals surface area contributed by atoms with Crippen molar-refractivity contribution in [2.24, 2.45) is 16.8 Å². The number of oxime groups is 1. The number of fused-ring (bicyclic) bond motifs is 2. The average molecular weight is 770 g/mol. The number of amidine groups is 1. The number of nitrogens with two attached hydrogens (primary N) is 2. The third-order valence-electron chi connectivity index (χ3n) is 8.31. The molecule has 0 unspecified atom stereocenters. The third kappa shape index (κ3) is 7.74. The van der Waals surface area contributed by atoms with Gasteiger partial charge >= 0.3 is 11.6 Å². The van der Waals surface area contributed by atoms with E-state index in [1.54, 1.807) is 50.6 Å². The Morgan fingerprint density at radius 3 is 2.60 bits per heavy atom. The molecule has 278 valence electrons. The molecule has 6 rings (SSSR count). The van der Waals surface area contributed by atoms with Crippen LogP contribution in [-0.4, -0.2) is 87.7 Å². The van der Waals surface area contributed by atoms with Gasteiger partial charge in [-0.25, -0.2) is 23.4 Å². The summed E-state index contributed by atoms with van der Waals surface area (Å²) in [5.74, 6) is -5.54. The maximum Gasteiger partial charge on any atom is 0.350 e. The van der Waals surface area contributed by atoms with Crippen LogP contribution < -0.4 is 21.1 Å². The Kier molecular flexibility index (Phi) is 11.0. The number of amides is 1. The largest absolute Gasteiger partial charge is 0.543 e. The first-order chi connectivity index (χ1) is 25.1. The Morgan fingerprint density at radius 2 is 2.00 bits per heavy atom. The second-order valence-corrected chi connectivity index (χ2v) is 14.2. The predicted molar refractivity (Wildman–Crippen MR) is 185 cm³/mol. The van der Waals surface area contributed by atoms with Gasteiger partial charge in [-0.3, -0.25) is 24.7 Å². The number of aromatic nitrogens is 4. The lowest BCUT2D eigenvalue weighted by molar-refractivity contribution is -0.662. The van der Waals surface area contributed by atoms with Crippen LogP contribution in [0.25, 0.3) is 5.65 Å². The minimum absolute atomic E-state index is 0.0524. The summed E-state index contributed by atoms with van der Waals surface area (Å²) in [5, 5.41) is 40.9.